The molecule has 0 saturated carbocycles. The number of hydroxylamine groups is 1. The third-order valence-corrected chi connectivity index (χ3v) is 4.91. The Kier molecular flexibility index (Phi) is 3.80. The summed E-state index contributed by atoms with van der Waals surface area (Å²) in [6, 6.07) is 15.1. The first-order chi connectivity index (χ1) is 11.1. The molecule has 2 aromatic carbocycles. The van der Waals surface area contributed by atoms with E-state index in [0.717, 1.165) is 24.4 Å². The fraction of sp³-hybridized carbons (Fsp3) is 0.368. The number of hydrogen-bond donors (Lipinski definition) is 0. The van der Waals surface area contributed by atoms with Crippen LogP contribution >= 0.6 is 11.6 Å². The van der Waals surface area contributed by atoms with Crippen LogP contribution < -0.4 is 5.06 Å². The van der Waals surface area contributed by atoms with Crippen LogP contribution in [-0.4, -0.2) is 31.6 Å². The maximum atomic E-state index is 6.33. The smallest absolute Gasteiger partial charge is 0.101 e. The zero-order valence-corrected chi connectivity index (χ0v) is 14.3. The van der Waals surface area contributed by atoms with Gasteiger partial charge < -0.3 is 4.90 Å². The molecule has 4 rings (SSSR count). The van der Waals surface area contributed by atoms with E-state index in [1.807, 2.05) is 6.07 Å². The molecular weight excluding hydrogens is 308 g/mol. The number of likely N-dealkylation sites (N-methyl/N-ethyl adjacent to an activating group) is 1. The third-order valence-electron chi connectivity index (χ3n) is 4.67. The Bertz CT molecular complexity index is 731. The van der Waals surface area contributed by atoms with Crippen LogP contribution in [0.15, 0.2) is 42.5 Å². The predicted molar refractivity (Wildman–Crippen MR) is 94.0 cm³/mol. The van der Waals surface area contributed by atoms with E-state index in [1.54, 1.807) is 0 Å². The highest BCUT2D eigenvalue weighted by atomic mass is 35.5. The molecule has 1 fully saturated rings. The van der Waals surface area contributed by atoms with Crippen LogP contribution in [0.3, 0.4) is 0 Å². The van der Waals surface area contributed by atoms with Gasteiger partial charge in [-0.3, -0.25) is 4.84 Å². The maximum absolute atomic E-state index is 6.33. The van der Waals surface area contributed by atoms with Gasteiger partial charge in [-0.15, -0.1) is 0 Å². The van der Waals surface area contributed by atoms with Gasteiger partial charge in [0.05, 0.1) is 11.7 Å². The molecule has 2 heterocycles. The Labute approximate surface area is 142 Å². The molecule has 23 heavy (non-hydrogen) atoms. The van der Waals surface area contributed by atoms with Gasteiger partial charge in [-0.2, -0.15) is 0 Å². The van der Waals surface area contributed by atoms with Gasteiger partial charge >= 0.3 is 0 Å². The minimum absolute atomic E-state index is 0.213. The van der Waals surface area contributed by atoms with Gasteiger partial charge in [0.1, 0.15) is 6.10 Å². The first kappa shape index (κ1) is 15.0. The van der Waals surface area contributed by atoms with E-state index in [0.29, 0.717) is 0 Å². The first-order valence-electron chi connectivity index (χ1n) is 8.09. The summed E-state index contributed by atoms with van der Waals surface area (Å²) < 4.78 is 0. The Hall–Kier alpha value is -1.55. The van der Waals surface area contributed by atoms with Crippen molar-refractivity contribution in [3.05, 3.63) is 64.2 Å². The molecule has 2 atom stereocenters. The highest BCUT2D eigenvalue weighted by Crippen LogP contribution is 2.44. The number of anilines is 1. The van der Waals surface area contributed by atoms with Crippen LogP contribution in [0.2, 0.25) is 5.02 Å². The summed E-state index contributed by atoms with van der Waals surface area (Å²) in [4.78, 5) is 8.51. The second-order valence-corrected chi connectivity index (χ2v) is 7.15. The zero-order chi connectivity index (χ0) is 16.0. The van der Waals surface area contributed by atoms with Crippen molar-refractivity contribution in [2.45, 2.75) is 25.0 Å². The Balaban J connectivity index is 1.80. The van der Waals surface area contributed by atoms with Crippen molar-refractivity contribution in [3.63, 3.8) is 0 Å². The normalized spacial score (nSPS) is 22.5. The first-order valence-corrected chi connectivity index (χ1v) is 8.46. The minimum Gasteiger partial charge on any atom is -0.307 e. The van der Waals surface area contributed by atoms with E-state index >= 15 is 0 Å². The minimum atomic E-state index is 0.213. The third kappa shape index (κ3) is 2.74. The maximum Gasteiger partial charge on any atom is 0.101 e. The molecule has 0 amide bonds. The number of para-hydroxylation sites is 1. The van der Waals surface area contributed by atoms with Crippen LogP contribution in [0.5, 0.6) is 0 Å². The number of rotatable bonds is 2. The number of halogens is 1. The van der Waals surface area contributed by atoms with E-state index in [1.165, 1.54) is 22.4 Å². The molecule has 2 unspecified atom stereocenters. The van der Waals surface area contributed by atoms with Crippen molar-refractivity contribution in [2.75, 3.05) is 25.7 Å². The predicted octanol–water partition coefficient (Wildman–Crippen LogP) is 4.06. The average Bonchev–Trinajstić information content (AvgIpc) is 2.85. The van der Waals surface area contributed by atoms with E-state index < -0.39 is 0 Å². The molecule has 2 aromatic rings. The van der Waals surface area contributed by atoms with Crippen LogP contribution in [0, 0.1) is 0 Å². The summed E-state index contributed by atoms with van der Waals surface area (Å²) in [7, 11) is 4.18. The Morgan fingerprint density at radius 3 is 2.83 bits per heavy atom. The molecular formula is C19H21ClN2O. The lowest BCUT2D eigenvalue weighted by Crippen LogP contribution is -2.27. The standard InChI is InChI=1S/C19H21ClN2O/c1-21(2)12-16-11-19-17-8-7-15(20)10-14(17)9-13-5-3-4-6-18(13)22(19)23-16/h3-8,10,16,19H,9,11-12H2,1-2H3. The molecule has 0 aromatic heterocycles. The van der Waals surface area contributed by atoms with Crippen molar-refractivity contribution in [2.24, 2.45) is 0 Å². The van der Waals surface area contributed by atoms with Crippen molar-refractivity contribution in [1.82, 2.24) is 4.90 Å². The van der Waals surface area contributed by atoms with Gasteiger partial charge in [0.25, 0.3) is 0 Å². The number of fused-ring (bicyclic) bond motifs is 5. The van der Waals surface area contributed by atoms with Crippen molar-refractivity contribution < 1.29 is 4.84 Å². The van der Waals surface area contributed by atoms with Gasteiger partial charge in [-0.25, -0.2) is 5.06 Å². The molecule has 0 aliphatic carbocycles. The molecule has 120 valence electrons. The summed E-state index contributed by atoms with van der Waals surface area (Å²) in [5.41, 5.74) is 5.13. The number of nitrogens with zero attached hydrogens (tertiary/aromatic N) is 2. The van der Waals surface area contributed by atoms with Crippen LogP contribution in [0.1, 0.15) is 29.2 Å². The van der Waals surface area contributed by atoms with Gasteiger partial charge in [-0.05, 0) is 55.4 Å². The highest BCUT2D eigenvalue weighted by molar-refractivity contribution is 6.30. The second-order valence-electron chi connectivity index (χ2n) is 6.72. The molecule has 0 N–H and O–H groups in total. The molecule has 2 aliphatic heterocycles. The van der Waals surface area contributed by atoms with Gasteiger partial charge in [0, 0.05) is 18.0 Å². The molecule has 0 bridgehead atoms. The number of hydrogen-bond acceptors (Lipinski definition) is 3. The average molecular weight is 329 g/mol. The van der Waals surface area contributed by atoms with Crippen LogP contribution in [-0.2, 0) is 11.3 Å². The van der Waals surface area contributed by atoms with E-state index in [4.69, 9.17) is 16.4 Å². The fourth-order valence-corrected chi connectivity index (χ4v) is 3.94. The molecule has 1 saturated heterocycles. The lowest BCUT2D eigenvalue weighted by molar-refractivity contribution is 0.0649. The Morgan fingerprint density at radius 2 is 2.00 bits per heavy atom. The van der Waals surface area contributed by atoms with Crippen molar-refractivity contribution in [1.29, 1.82) is 0 Å². The summed E-state index contributed by atoms with van der Waals surface area (Å²) >= 11 is 6.25. The number of benzene rings is 2. The van der Waals surface area contributed by atoms with Crippen molar-refractivity contribution >= 4 is 17.3 Å². The quantitative estimate of drug-likeness (QED) is 0.827. The second kappa shape index (κ2) is 5.82. The van der Waals surface area contributed by atoms with Crippen LogP contribution in [0.25, 0.3) is 0 Å². The summed E-state index contributed by atoms with van der Waals surface area (Å²) in [5, 5.41) is 2.93. The molecule has 2 aliphatic rings. The molecule has 0 spiro atoms. The fourth-order valence-electron chi connectivity index (χ4n) is 3.75. The van der Waals surface area contributed by atoms with E-state index in [9.17, 15) is 0 Å². The Morgan fingerprint density at radius 1 is 1.17 bits per heavy atom. The van der Waals surface area contributed by atoms with Crippen molar-refractivity contribution in [3.8, 4) is 0 Å². The summed E-state index contributed by atoms with van der Waals surface area (Å²) in [6.07, 6.45) is 2.12. The van der Waals surface area contributed by atoms with Gasteiger partial charge in [-0.1, -0.05) is 35.9 Å². The SMILES string of the molecule is CN(C)CC1CC2c3ccc(Cl)cc3Cc3ccccc3N2O1. The summed E-state index contributed by atoms with van der Waals surface area (Å²) in [5.74, 6) is 0. The van der Waals surface area contributed by atoms with Crippen LogP contribution in [0.4, 0.5) is 5.69 Å². The summed E-state index contributed by atoms with van der Waals surface area (Å²) in [6.45, 7) is 0.929. The molecule has 0 radical (unpaired) electrons. The zero-order valence-electron chi connectivity index (χ0n) is 13.5. The van der Waals surface area contributed by atoms with E-state index in [-0.39, 0.29) is 12.1 Å². The molecule has 4 heteroatoms. The topological polar surface area (TPSA) is 15.7 Å². The van der Waals surface area contributed by atoms with Gasteiger partial charge in [0.2, 0.25) is 0 Å². The van der Waals surface area contributed by atoms with Gasteiger partial charge in [0.15, 0.2) is 0 Å². The highest BCUT2D eigenvalue weighted by Gasteiger charge is 2.38. The largest absolute Gasteiger partial charge is 0.307 e. The lowest BCUT2D eigenvalue weighted by Gasteiger charge is -2.25. The van der Waals surface area contributed by atoms with E-state index in [2.05, 4.69) is 60.5 Å². The monoisotopic (exact) mass is 328 g/mol. The lowest BCUT2D eigenvalue weighted by atomic mass is 9.95. The molecule has 3 nitrogen and oxygen atoms in total.